The molecule has 1 heterocycles. The summed E-state index contributed by atoms with van der Waals surface area (Å²) in [6.07, 6.45) is 0.743. The molecule has 0 spiro atoms. The monoisotopic (exact) mass is 313 g/mol. The third-order valence-corrected chi connectivity index (χ3v) is 3.43. The number of nitrogens with zero attached hydrogens (tertiary/aromatic N) is 2. The van der Waals surface area contributed by atoms with Gasteiger partial charge in [0.2, 0.25) is 5.16 Å². The van der Waals surface area contributed by atoms with E-state index in [2.05, 4.69) is 19.9 Å². The van der Waals surface area contributed by atoms with Crippen molar-refractivity contribution in [1.82, 2.24) is 15.2 Å². The Morgan fingerprint density at radius 1 is 1.38 bits per heavy atom. The number of hydrogen-bond acceptors (Lipinski definition) is 5. The second-order valence-electron chi connectivity index (χ2n) is 4.03. The van der Waals surface area contributed by atoms with Crippen LogP contribution in [0.1, 0.15) is 23.1 Å². The molecule has 0 unspecified atom stereocenters. The van der Waals surface area contributed by atoms with Gasteiger partial charge in [0, 0.05) is 12.0 Å². The van der Waals surface area contributed by atoms with Crippen LogP contribution in [0, 0.1) is 0 Å². The number of thioether (sulfide) groups is 1. The molecule has 0 saturated carbocycles. The first-order chi connectivity index (χ1) is 10.1. The highest BCUT2D eigenvalue weighted by atomic mass is 32.2. The lowest BCUT2D eigenvalue weighted by Crippen LogP contribution is -2.04. The Hall–Kier alpha value is -1.96. The minimum absolute atomic E-state index is 0.0239. The number of benzene rings is 1. The maximum Gasteiger partial charge on any atom is 0.387 e. The van der Waals surface area contributed by atoms with Crippen molar-refractivity contribution in [3.63, 3.8) is 0 Å². The topological polar surface area (TPSA) is 67.9 Å². The van der Waals surface area contributed by atoms with Crippen LogP contribution in [0.4, 0.5) is 8.78 Å². The molecule has 0 aliphatic rings. The fraction of sp³-hybridized carbons (Fsp3) is 0.308. The van der Waals surface area contributed by atoms with Crippen LogP contribution in [-0.2, 0) is 6.42 Å². The Balaban J connectivity index is 1.90. The molecule has 2 aromatic rings. The van der Waals surface area contributed by atoms with Crippen molar-refractivity contribution in [3.05, 3.63) is 35.7 Å². The van der Waals surface area contributed by atoms with E-state index in [1.165, 1.54) is 36.0 Å². The van der Waals surface area contributed by atoms with Crippen molar-refractivity contribution in [2.45, 2.75) is 25.1 Å². The number of aromatic nitrogens is 3. The molecule has 2 rings (SSSR count). The highest BCUT2D eigenvalue weighted by Crippen LogP contribution is 2.18. The van der Waals surface area contributed by atoms with Gasteiger partial charge in [-0.3, -0.25) is 9.89 Å². The lowest BCUT2D eigenvalue weighted by Gasteiger charge is -2.04. The maximum absolute atomic E-state index is 12.0. The summed E-state index contributed by atoms with van der Waals surface area (Å²) in [6, 6.07) is 5.59. The van der Waals surface area contributed by atoms with E-state index in [0.717, 1.165) is 12.2 Å². The molecule has 1 aromatic heterocycles. The quantitative estimate of drug-likeness (QED) is 0.629. The SMILES string of the molecule is CCc1nc(SCC(=O)c2ccc(OC(F)F)cc2)n[nH]1. The lowest BCUT2D eigenvalue weighted by atomic mass is 10.1. The number of aryl methyl sites for hydroxylation is 1. The van der Waals surface area contributed by atoms with Crippen molar-refractivity contribution in [2.24, 2.45) is 0 Å². The zero-order chi connectivity index (χ0) is 15.2. The van der Waals surface area contributed by atoms with E-state index in [0.29, 0.717) is 10.7 Å². The molecule has 0 radical (unpaired) electrons. The minimum Gasteiger partial charge on any atom is -0.435 e. The van der Waals surface area contributed by atoms with Gasteiger partial charge in [0.25, 0.3) is 0 Å². The van der Waals surface area contributed by atoms with E-state index in [9.17, 15) is 13.6 Å². The normalized spacial score (nSPS) is 10.9. The molecule has 0 fully saturated rings. The molecular formula is C13H13F2N3O2S. The van der Waals surface area contributed by atoms with E-state index >= 15 is 0 Å². The van der Waals surface area contributed by atoms with E-state index < -0.39 is 6.61 Å². The first-order valence-electron chi connectivity index (χ1n) is 6.20. The van der Waals surface area contributed by atoms with Gasteiger partial charge in [-0.05, 0) is 24.3 Å². The van der Waals surface area contributed by atoms with E-state index in [1.807, 2.05) is 6.92 Å². The number of ketones is 1. The number of alkyl halides is 2. The number of H-pyrrole nitrogens is 1. The van der Waals surface area contributed by atoms with E-state index in [1.54, 1.807) is 0 Å². The van der Waals surface area contributed by atoms with Crippen LogP contribution in [0.3, 0.4) is 0 Å². The van der Waals surface area contributed by atoms with Gasteiger partial charge in [-0.15, -0.1) is 5.10 Å². The summed E-state index contributed by atoms with van der Waals surface area (Å²) >= 11 is 1.22. The summed E-state index contributed by atoms with van der Waals surface area (Å²) in [5, 5.41) is 7.25. The summed E-state index contributed by atoms with van der Waals surface area (Å²) in [5.74, 6) is 0.830. The van der Waals surface area contributed by atoms with Gasteiger partial charge >= 0.3 is 6.61 Å². The predicted molar refractivity (Wildman–Crippen MR) is 73.9 cm³/mol. The molecule has 0 saturated heterocycles. The van der Waals surface area contributed by atoms with Gasteiger partial charge in [-0.1, -0.05) is 18.7 Å². The number of hydrogen-bond donors (Lipinski definition) is 1. The van der Waals surface area contributed by atoms with Gasteiger partial charge in [-0.2, -0.15) is 8.78 Å². The second kappa shape index (κ2) is 7.16. The Morgan fingerprint density at radius 2 is 2.10 bits per heavy atom. The van der Waals surface area contributed by atoms with Crippen LogP contribution in [-0.4, -0.2) is 33.3 Å². The summed E-state index contributed by atoms with van der Waals surface area (Å²) in [7, 11) is 0. The largest absolute Gasteiger partial charge is 0.435 e. The third kappa shape index (κ3) is 4.52. The Bertz CT molecular complexity index is 602. The Labute approximate surface area is 124 Å². The molecule has 0 amide bonds. The summed E-state index contributed by atoms with van der Waals surface area (Å²) in [4.78, 5) is 16.1. The van der Waals surface area contributed by atoms with Crippen LogP contribution in [0.2, 0.25) is 0 Å². The number of aromatic amines is 1. The fourth-order valence-corrected chi connectivity index (χ4v) is 2.25. The molecule has 0 aliphatic carbocycles. The van der Waals surface area contributed by atoms with Crippen LogP contribution in [0.15, 0.2) is 29.4 Å². The molecule has 0 bridgehead atoms. The first kappa shape index (κ1) is 15.4. The molecule has 0 atom stereocenters. The molecule has 8 heteroatoms. The van der Waals surface area contributed by atoms with E-state index in [4.69, 9.17) is 0 Å². The molecule has 1 aromatic carbocycles. The summed E-state index contributed by atoms with van der Waals surface area (Å²) < 4.78 is 28.2. The minimum atomic E-state index is -2.87. The maximum atomic E-state index is 12.0. The highest BCUT2D eigenvalue weighted by molar-refractivity contribution is 7.99. The summed E-state index contributed by atoms with van der Waals surface area (Å²) in [6.45, 7) is -0.927. The average molecular weight is 313 g/mol. The Kier molecular flexibility index (Phi) is 5.26. The van der Waals surface area contributed by atoms with Crippen LogP contribution in [0.25, 0.3) is 0 Å². The van der Waals surface area contributed by atoms with Gasteiger partial charge in [0.05, 0.1) is 5.75 Å². The van der Waals surface area contributed by atoms with Crippen LogP contribution in [0.5, 0.6) is 5.75 Å². The van der Waals surface area contributed by atoms with Crippen molar-refractivity contribution < 1.29 is 18.3 Å². The van der Waals surface area contributed by atoms with Crippen molar-refractivity contribution >= 4 is 17.5 Å². The zero-order valence-corrected chi connectivity index (χ0v) is 12.0. The van der Waals surface area contributed by atoms with Crippen molar-refractivity contribution in [3.8, 4) is 5.75 Å². The Morgan fingerprint density at radius 3 is 2.67 bits per heavy atom. The number of carbonyl (C=O) groups is 1. The number of halogens is 2. The first-order valence-corrected chi connectivity index (χ1v) is 7.19. The van der Waals surface area contributed by atoms with Crippen molar-refractivity contribution in [2.75, 3.05) is 5.75 Å². The second-order valence-corrected chi connectivity index (χ2v) is 4.98. The molecule has 1 N–H and O–H groups in total. The molecule has 0 aliphatic heterocycles. The third-order valence-electron chi connectivity index (χ3n) is 2.58. The van der Waals surface area contributed by atoms with Gasteiger partial charge in [-0.25, -0.2) is 4.98 Å². The molecule has 112 valence electrons. The smallest absolute Gasteiger partial charge is 0.387 e. The average Bonchev–Trinajstić information content (AvgIpc) is 2.93. The predicted octanol–water partition coefficient (Wildman–Crippen LogP) is 2.94. The molecule has 5 nitrogen and oxygen atoms in total. The lowest BCUT2D eigenvalue weighted by molar-refractivity contribution is -0.0498. The van der Waals surface area contributed by atoms with Gasteiger partial charge in [0.1, 0.15) is 11.6 Å². The van der Waals surface area contributed by atoms with Crippen LogP contribution >= 0.6 is 11.8 Å². The number of ether oxygens (including phenoxy) is 1. The van der Waals surface area contributed by atoms with Crippen molar-refractivity contribution in [1.29, 1.82) is 0 Å². The highest BCUT2D eigenvalue weighted by Gasteiger charge is 2.10. The number of nitrogens with one attached hydrogen (secondary N) is 1. The molecular weight excluding hydrogens is 300 g/mol. The molecule has 21 heavy (non-hydrogen) atoms. The summed E-state index contributed by atoms with van der Waals surface area (Å²) in [5.41, 5.74) is 0.426. The fourth-order valence-electron chi connectivity index (χ4n) is 1.54. The number of carbonyl (C=O) groups excluding carboxylic acids is 1. The number of rotatable bonds is 7. The van der Waals surface area contributed by atoms with Gasteiger partial charge < -0.3 is 4.74 Å². The zero-order valence-electron chi connectivity index (χ0n) is 11.2. The van der Waals surface area contributed by atoms with E-state index in [-0.39, 0.29) is 17.3 Å². The van der Waals surface area contributed by atoms with Gasteiger partial charge in [0.15, 0.2) is 5.78 Å². The standard InChI is InChI=1S/C13H13F2N3O2S/c1-2-11-16-13(18-17-11)21-7-10(19)8-3-5-9(6-4-8)20-12(14)15/h3-6,12H,2,7H2,1H3,(H,16,17,18). The number of Topliss-reactive ketones (excluding diaryl/α,β-unsaturated/α-hetero) is 1. The van der Waals surface area contributed by atoms with Crippen LogP contribution < -0.4 is 4.74 Å².